The van der Waals surface area contributed by atoms with Crippen LogP contribution < -0.4 is 0 Å². The standard InChI is InChI=1S/C81H134O17Si4/c1-26-56(5)48-65(97-102(27-2,28-3)29-4)45-46-69-57(6)49-63(91-69)42-40-61(82)41-43-66(96-100(22,23)80(11,12)13)54-89-70-47-44-64(92-76(70)74(98-101(24,25)81(14,15)16)58(7)95-99(20,21)79(8,9)10)50-62(83)51-68-71(53-73(86-17)87-18)94-72(75(68)88-19)52-67(93-78(85)60-38-34-31-35-39-60)55-90-77(84)59-36-32-30-33-37-59/h30-39,41,43,58,63-76H,1,6,27-29,40,42,44-55H2,2-5,7-25H3/b43-41+/t58-,63+,64-,65?,66+,67-,68+,69?,70+,71+,72?,74?,75-,76+/m1/s1. The summed E-state index contributed by atoms with van der Waals surface area (Å²) < 4.78 is 86.9. The molecular weight excluding hydrogens is 1360 g/mol. The predicted octanol–water partition coefficient (Wildman–Crippen LogP) is 18.3. The summed E-state index contributed by atoms with van der Waals surface area (Å²) in [4.78, 5) is 56.2. The van der Waals surface area contributed by atoms with Gasteiger partial charge in [-0.1, -0.05) is 139 Å². The Morgan fingerprint density at radius 1 is 0.667 bits per heavy atom. The highest BCUT2D eigenvalue weighted by molar-refractivity contribution is 6.75. The van der Waals surface area contributed by atoms with Crippen LogP contribution in [-0.2, 0) is 69.9 Å². The highest BCUT2D eigenvalue weighted by Crippen LogP contribution is 2.45. The lowest BCUT2D eigenvalue weighted by atomic mass is 9.86. The quantitative estimate of drug-likeness (QED) is 0.0152. The van der Waals surface area contributed by atoms with Crippen LogP contribution in [0.5, 0.6) is 0 Å². The molecule has 2 aromatic carbocycles. The minimum absolute atomic E-state index is 0.0159. The third kappa shape index (κ3) is 26.2. The molecule has 0 bridgehead atoms. The molecule has 4 unspecified atom stereocenters. The largest absolute Gasteiger partial charge is 0.458 e. The summed E-state index contributed by atoms with van der Waals surface area (Å²) in [6.45, 7) is 52.6. The van der Waals surface area contributed by atoms with Crippen molar-refractivity contribution < 1.29 is 79.5 Å². The van der Waals surface area contributed by atoms with E-state index in [1.165, 1.54) is 0 Å². The van der Waals surface area contributed by atoms with Crippen LogP contribution in [0.1, 0.15) is 195 Å². The zero-order valence-corrected chi connectivity index (χ0v) is 71.0. The molecule has 576 valence electrons. The fourth-order valence-corrected chi connectivity index (χ4v) is 20.2. The number of methoxy groups -OCH3 is 3. The number of Topliss-reactive ketones (excluding diaryl/α,β-unsaturated/α-hetero) is 1. The second-order valence-corrected chi connectivity index (χ2v) is 52.5. The topological polar surface area (TPSA) is 188 Å². The van der Waals surface area contributed by atoms with E-state index >= 15 is 4.79 Å². The minimum atomic E-state index is -2.59. The first-order valence-corrected chi connectivity index (χ1v) is 49.1. The van der Waals surface area contributed by atoms with Crippen LogP contribution in [0.25, 0.3) is 0 Å². The molecule has 3 aliphatic heterocycles. The number of rotatable bonds is 42. The molecule has 0 aromatic heterocycles. The lowest BCUT2D eigenvalue weighted by Gasteiger charge is -2.49. The number of ketones is 2. The number of carbonyl (C=O) groups excluding carboxylic acids is 4. The molecule has 0 aliphatic carbocycles. The van der Waals surface area contributed by atoms with Crippen molar-refractivity contribution in [1.29, 1.82) is 0 Å². The molecule has 5 rings (SSSR count). The molecule has 3 aliphatic rings. The van der Waals surface area contributed by atoms with Crippen molar-refractivity contribution in [3.8, 4) is 0 Å². The van der Waals surface area contributed by atoms with Gasteiger partial charge in [0.1, 0.15) is 24.6 Å². The zero-order chi connectivity index (χ0) is 76.2. The Morgan fingerprint density at radius 2 is 1.24 bits per heavy atom. The molecule has 102 heavy (non-hydrogen) atoms. The van der Waals surface area contributed by atoms with Crippen LogP contribution in [0.3, 0.4) is 0 Å². The summed E-state index contributed by atoms with van der Waals surface area (Å²) in [6.07, 6.45) is 2.04. The van der Waals surface area contributed by atoms with Gasteiger partial charge in [-0.05, 0) is 166 Å². The van der Waals surface area contributed by atoms with E-state index in [2.05, 4.69) is 155 Å². The molecule has 0 spiro atoms. The summed E-state index contributed by atoms with van der Waals surface area (Å²) in [5.41, 5.74) is 5.95. The third-order valence-electron chi connectivity index (χ3n) is 22.9. The van der Waals surface area contributed by atoms with E-state index in [-0.39, 0.29) is 83.9 Å². The molecule has 14 atom stereocenters. The van der Waals surface area contributed by atoms with Gasteiger partial charge in [0, 0.05) is 71.9 Å². The van der Waals surface area contributed by atoms with Crippen LogP contribution >= 0.6 is 0 Å². The van der Waals surface area contributed by atoms with E-state index in [0.717, 1.165) is 48.5 Å². The fraction of sp³-hybridized carbons (Fsp3) is 0.716. The van der Waals surface area contributed by atoms with Crippen molar-refractivity contribution >= 4 is 56.8 Å². The molecule has 3 heterocycles. The first-order chi connectivity index (χ1) is 47.7. The Bertz CT molecular complexity index is 3000. The van der Waals surface area contributed by atoms with Gasteiger partial charge >= 0.3 is 11.9 Å². The van der Waals surface area contributed by atoms with E-state index in [1.54, 1.807) is 75.9 Å². The Kier molecular flexibility index (Phi) is 34.7. The Hall–Kier alpha value is -3.85. The number of carbonyl (C=O) groups is 4. The van der Waals surface area contributed by atoms with Crippen molar-refractivity contribution in [3.05, 3.63) is 114 Å². The van der Waals surface area contributed by atoms with Crippen molar-refractivity contribution in [2.45, 2.75) is 332 Å². The maximum Gasteiger partial charge on any atom is 0.338 e. The van der Waals surface area contributed by atoms with Crippen LogP contribution in [0.2, 0.25) is 72.5 Å². The van der Waals surface area contributed by atoms with Crippen LogP contribution in [0.4, 0.5) is 0 Å². The molecule has 3 saturated heterocycles. The summed E-state index contributed by atoms with van der Waals surface area (Å²) in [7, 11) is -4.66. The molecule has 0 N–H and O–H groups in total. The smallest absolute Gasteiger partial charge is 0.338 e. The highest BCUT2D eigenvalue weighted by atomic mass is 28.4. The van der Waals surface area contributed by atoms with Crippen molar-refractivity contribution in [1.82, 2.24) is 0 Å². The number of hydrogen-bond donors (Lipinski definition) is 0. The Morgan fingerprint density at radius 3 is 1.78 bits per heavy atom. The van der Waals surface area contributed by atoms with E-state index in [1.807, 2.05) is 18.2 Å². The van der Waals surface area contributed by atoms with E-state index < -0.39 is 118 Å². The lowest BCUT2D eigenvalue weighted by Crippen LogP contribution is -2.59. The van der Waals surface area contributed by atoms with Gasteiger partial charge < -0.3 is 60.3 Å². The average Bonchev–Trinajstić information content (AvgIpc) is 0.961. The normalized spacial score (nSPS) is 23.4. The summed E-state index contributed by atoms with van der Waals surface area (Å²) >= 11 is 0. The third-order valence-corrected chi connectivity index (χ3v) is 41.2. The van der Waals surface area contributed by atoms with Crippen LogP contribution in [0.15, 0.2) is 103 Å². The van der Waals surface area contributed by atoms with Gasteiger partial charge in [-0.25, -0.2) is 9.59 Å². The molecule has 0 radical (unpaired) electrons. The van der Waals surface area contributed by atoms with Gasteiger partial charge in [-0.2, -0.15) is 0 Å². The highest BCUT2D eigenvalue weighted by Gasteiger charge is 2.52. The van der Waals surface area contributed by atoms with Crippen LogP contribution in [0, 0.1) is 5.92 Å². The average molecular weight is 1490 g/mol. The lowest BCUT2D eigenvalue weighted by molar-refractivity contribution is -0.192. The first kappa shape index (κ1) is 88.8. The monoisotopic (exact) mass is 1490 g/mol. The van der Waals surface area contributed by atoms with E-state index in [4.69, 9.17) is 60.3 Å². The molecule has 17 nitrogen and oxygen atoms in total. The van der Waals surface area contributed by atoms with Crippen molar-refractivity contribution in [2.24, 2.45) is 5.92 Å². The van der Waals surface area contributed by atoms with Gasteiger partial charge in [0.15, 0.2) is 45.3 Å². The van der Waals surface area contributed by atoms with Gasteiger partial charge in [-0.15, -0.1) is 5.73 Å². The number of hydrogen-bond acceptors (Lipinski definition) is 17. The van der Waals surface area contributed by atoms with Gasteiger partial charge in [0.25, 0.3) is 0 Å². The zero-order valence-electron chi connectivity index (χ0n) is 67.0. The first-order valence-electron chi connectivity index (χ1n) is 37.8. The maximum atomic E-state index is 15.1. The second kappa shape index (κ2) is 39.8. The predicted molar refractivity (Wildman–Crippen MR) is 416 cm³/mol. The van der Waals surface area contributed by atoms with E-state index in [0.29, 0.717) is 43.2 Å². The van der Waals surface area contributed by atoms with E-state index in [9.17, 15) is 14.4 Å². The van der Waals surface area contributed by atoms with Crippen LogP contribution in [-0.4, -0.2) is 177 Å². The number of esters is 2. The molecule has 3 fully saturated rings. The minimum Gasteiger partial charge on any atom is -0.458 e. The Labute approximate surface area is 619 Å². The molecule has 0 saturated carbocycles. The van der Waals surface area contributed by atoms with Gasteiger partial charge in [0.2, 0.25) is 0 Å². The summed E-state index contributed by atoms with van der Waals surface area (Å²) in [6, 6.07) is 20.5. The van der Waals surface area contributed by atoms with Gasteiger partial charge in [-0.3, -0.25) is 9.59 Å². The number of benzene rings is 2. The molecular formula is C81H134O17Si4. The number of ether oxygens (including phenoxy) is 9. The van der Waals surface area contributed by atoms with Gasteiger partial charge in [0.05, 0.1) is 78.8 Å². The molecule has 0 amide bonds. The van der Waals surface area contributed by atoms with Crippen molar-refractivity contribution in [3.63, 3.8) is 0 Å². The maximum absolute atomic E-state index is 15.1. The fourth-order valence-electron chi connectivity index (χ4n) is 13.2. The van der Waals surface area contributed by atoms with Crippen molar-refractivity contribution in [2.75, 3.05) is 34.5 Å². The molecule has 21 heteroatoms. The number of allylic oxidation sites excluding steroid dienone is 1. The Balaban J connectivity index is 1.43. The summed E-state index contributed by atoms with van der Waals surface area (Å²) in [5, 5.41) is -0.462. The summed E-state index contributed by atoms with van der Waals surface area (Å²) in [5.74, 6) is -1.74. The molecule has 2 aromatic rings. The SMILES string of the molecule is C=C=C(C)CC(CCC1O[C@@H](CCC(=O)/C=C/[C@@H](CO[C@H]2CC[C@H](CC(=O)C[C@H]3[C@H](CC(OC)OC)OC(C[C@H](COC(=O)c4ccccc4)OC(=O)c4ccccc4)[C@@H]3OC)O[C@@H]2C(O[Si](C)(C)C(C)(C)C)[C@@H](C)O[Si](C)(C)C(C)(C)C)O[Si](C)(C)C(C)(C)C)CC1=C)O[Si](CC)(CC)CC. The second-order valence-electron chi connectivity index (χ2n) is 33.5.